The van der Waals surface area contributed by atoms with Gasteiger partial charge in [0.15, 0.2) is 0 Å². The highest BCUT2D eigenvalue weighted by Gasteiger charge is 2.50. The van der Waals surface area contributed by atoms with E-state index >= 15 is 0 Å². The summed E-state index contributed by atoms with van der Waals surface area (Å²) in [5, 5.41) is 0.816. The van der Waals surface area contributed by atoms with E-state index < -0.39 is 0 Å². The molecule has 1 unspecified atom stereocenters. The lowest BCUT2D eigenvalue weighted by Crippen LogP contribution is -2.45. The predicted octanol–water partition coefficient (Wildman–Crippen LogP) is 3.45. The molecule has 2 nitrogen and oxygen atoms in total. The van der Waals surface area contributed by atoms with Crippen LogP contribution in [0.5, 0.6) is 0 Å². The minimum Gasteiger partial charge on any atom is -0.271 e. The topological polar surface area (TPSA) is 38.0 Å². The first kappa shape index (κ1) is 13.6. The van der Waals surface area contributed by atoms with Gasteiger partial charge in [-0.3, -0.25) is 11.3 Å². The number of halogens is 1. The average molecular weight is 287 g/mol. The number of hydrogen-bond donors (Lipinski definition) is 2. The summed E-state index contributed by atoms with van der Waals surface area (Å²) in [5.41, 5.74) is 5.70. The molecule has 0 bridgehead atoms. The average Bonchev–Trinajstić information content (AvgIpc) is 3.29. The lowest BCUT2D eigenvalue weighted by molar-refractivity contribution is 0.421. The first-order valence-electron chi connectivity index (χ1n) is 7.01. The molecular formula is C17H19ClN2. The van der Waals surface area contributed by atoms with E-state index in [1.165, 1.54) is 18.4 Å². The minimum atomic E-state index is 0.162. The molecule has 0 spiro atoms. The van der Waals surface area contributed by atoms with E-state index in [4.69, 9.17) is 17.4 Å². The second-order valence-corrected chi connectivity index (χ2v) is 5.94. The van der Waals surface area contributed by atoms with Crippen molar-refractivity contribution in [2.45, 2.75) is 30.7 Å². The first-order chi connectivity index (χ1) is 9.76. The van der Waals surface area contributed by atoms with E-state index in [2.05, 4.69) is 41.8 Å². The van der Waals surface area contributed by atoms with Crippen LogP contribution in [0.2, 0.25) is 5.02 Å². The van der Waals surface area contributed by atoms with Crippen LogP contribution in [0, 0.1) is 0 Å². The van der Waals surface area contributed by atoms with Crippen molar-refractivity contribution in [3.63, 3.8) is 0 Å². The van der Waals surface area contributed by atoms with E-state index in [1.54, 1.807) is 0 Å². The standard InChI is InChI=1S/C17H19ClN2/c18-15-9-5-4-6-13(15)12-16(20-19)17(10-11-17)14-7-2-1-3-8-14/h1-9,16,20H,10-12,19H2. The summed E-state index contributed by atoms with van der Waals surface area (Å²) in [4.78, 5) is 0. The zero-order valence-electron chi connectivity index (χ0n) is 11.4. The lowest BCUT2D eigenvalue weighted by Gasteiger charge is -2.27. The van der Waals surface area contributed by atoms with Crippen molar-refractivity contribution in [1.82, 2.24) is 5.43 Å². The Morgan fingerprint density at radius 3 is 2.30 bits per heavy atom. The monoisotopic (exact) mass is 286 g/mol. The van der Waals surface area contributed by atoms with Crippen LogP contribution in [0.1, 0.15) is 24.0 Å². The van der Waals surface area contributed by atoms with Crippen molar-refractivity contribution in [3.8, 4) is 0 Å². The Hall–Kier alpha value is -1.35. The Morgan fingerprint density at radius 2 is 1.70 bits per heavy atom. The molecule has 3 rings (SSSR count). The largest absolute Gasteiger partial charge is 0.271 e. The smallest absolute Gasteiger partial charge is 0.0438 e. The molecule has 20 heavy (non-hydrogen) atoms. The van der Waals surface area contributed by atoms with Crippen LogP contribution < -0.4 is 11.3 Å². The van der Waals surface area contributed by atoms with Crippen LogP contribution >= 0.6 is 11.6 Å². The maximum atomic E-state index is 6.27. The maximum absolute atomic E-state index is 6.27. The zero-order valence-corrected chi connectivity index (χ0v) is 12.1. The van der Waals surface area contributed by atoms with E-state index in [0.717, 1.165) is 17.0 Å². The van der Waals surface area contributed by atoms with Crippen molar-refractivity contribution in [2.75, 3.05) is 0 Å². The predicted molar refractivity (Wildman–Crippen MR) is 83.6 cm³/mol. The molecule has 0 aromatic heterocycles. The molecule has 0 amide bonds. The molecule has 0 heterocycles. The maximum Gasteiger partial charge on any atom is 0.0438 e. The zero-order chi connectivity index (χ0) is 14.0. The number of nitrogens with two attached hydrogens (primary N) is 1. The van der Waals surface area contributed by atoms with Gasteiger partial charge < -0.3 is 0 Å². The molecule has 2 aromatic rings. The Labute approximate surface area is 124 Å². The lowest BCUT2D eigenvalue weighted by atomic mass is 9.85. The number of benzene rings is 2. The summed E-state index contributed by atoms with van der Waals surface area (Å²) in [5.74, 6) is 5.84. The van der Waals surface area contributed by atoms with Gasteiger partial charge in [-0.2, -0.15) is 0 Å². The van der Waals surface area contributed by atoms with E-state index in [9.17, 15) is 0 Å². The van der Waals surface area contributed by atoms with Gasteiger partial charge in [-0.05, 0) is 36.5 Å². The van der Waals surface area contributed by atoms with E-state index in [-0.39, 0.29) is 11.5 Å². The van der Waals surface area contributed by atoms with Gasteiger partial charge in [0, 0.05) is 16.5 Å². The van der Waals surface area contributed by atoms with Gasteiger partial charge >= 0.3 is 0 Å². The van der Waals surface area contributed by atoms with Gasteiger partial charge in [-0.25, -0.2) is 0 Å². The SMILES string of the molecule is NNC(Cc1ccccc1Cl)C1(c2ccccc2)CC1. The van der Waals surface area contributed by atoms with Crippen molar-refractivity contribution >= 4 is 11.6 Å². The summed E-state index contributed by atoms with van der Waals surface area (Å²) < 4.78 is 0. The third kappa shape index (κ3) is 2.47. The van der Waals surface area contributed by atoms with Crippen LogP contribution in [0.4, 0.5) is 0 Å². The summed E-state index contributed by atoms with van der Waals surface area (Å²) >= 11 is 6.27. The molecule has 1 aliphatic carbocycles. The van der Waals surface area contributed by atoms with Crippen molar-refractivity contribution in [3.05, 3.63) is 70.7 Å². The molecule has 1 aliphatic rings. The van der Waals surface area contributed by atoms with Gasteiger partial charge in [0.25, 0.3) is 0 Å². The molecule has 104 valence electrons. The molecule has 1 fully saturated rings. The Kier molecular flexibility index (Phi) is 3.79. The first-order valence-corrected chi connectivity index (χ1v) is 7.39. The highest BCUT2D eigenvalue weighted by Crippen LogP contribution is 2.51. The van der Waals surface area contributed by atoms with Crippen molar-refractivity contribution in [1.29, 1.82) is 0 Å². The van der Waals surface area contributed by atoms with Crippen LogP contribution in [0.15, 0.2) is 54.6 Å². The second kappa shape index (κ2) is 5.57. The Bertz CT molecular complexity index is 579. The highest BCUT2D eigenvalue weighted by molar-refractivity contribution is 6.31. The fourth-order valence-corrected chi connectivity index (χ4v) is 3.25. The molecule has 3 N–H and O–H groups in total. The number of nitrogens with one attached hydrogen (secondary N) is 1. The molecule has 1 atom stereocenters. The highest BCUT2D eigenvalue weighted by atomic mass is 35.5. The summed E-state index contributed by atoms with van der Waals surface area (Å²) in [6.45, 7) is 0. The van der Waals surface area contributed by atoms with Crippen LogP contribution in [-0.4, -0.2) is 6.04 Å². The second-order valence-electron chi connectivity index (χ2n) is 5.54. The molecule has 2 aromatic carbocycles. The summed E-state index contributed by atoms with van der Waals surface area (Å²) in [7, 11) is 0. The van der Waals surface area contributed by atoms with Crippen LogP contribution in [0.25, 0.3) is 0 Å². The fraction of sp³-hybridized carbons (Fsp3) is 0.294. The molecule has 0 aliphatic heterocycles. The fourth-order valence-electron chi connectivity index (χ4n) is 3.04. The van der Waals surface area contributed by atoms with Crippen LogP contribution in [0.3, 0.4) is 0 Å². The van der Waals surface area contributed by atoms with Crippen LogP contribution in [-0.2, 0) is 11.8 Å². The van der Waals surface area contributed by atoms with Gasteiger partial charge in [0.2, 0.25) is 0 Å². The minimum absolute atomic E-state index is 0.162. The number of rotatable bonds is 5. The summed E-state index contributed by atoms with van der Waals surface area (Å²) in [6, 6.07) is 18.9. The molecule has 0 saturated heterocycles. The van der Waals surface area contributed by atoms with Gasteiger partial charge in [0.1, 0.15) is 0 Å². The quantitative estimate of drug-likeness (QED) is 0.653. The Morgan fingerprint density at radius 1 is 1.05 bits per heavy atom. The number of hydrazine groups is 1. The van der Waals surface area contributed by atoms with Crippen molar-refractivity contribution in [2.24, 2.45) is 5.84 Å². The Balaban J connectivity index is 1.86. The van der Waals surface area contributed by atoms with Crippen molar-refractivity contribution < 1.29 is 0 Å². The molecule has 3 heteroatoms. The van der Waals surface area contributed by atoms with E-state index in [0.29, 0.717) is 0 Å². The molecular weight excluding hydrogens is 268 g/mol. The van der Waals surface area contributed by atoms with Gasteiger partial charge in [-0.1, -0.05) is 60.1 Å². The van der Waals surface area contributed by atoms with E-state index in [1.807, 2.05) is 18.2 Å². The third-order valence-corrected chi connectivity index (χ3v) is 4.76. The molecule has 0 radical (unpaired) electrons. The molecule has 1 saturated carbocycles. The summed E-state index contributed by atoms with van der Waals surface area (Å²) in [6.07, 6.45) is 3.21. The number of hydrogen-bond acceptors (Lipinski definition) is 2. The third-order valence-electron chi connectivity index (χ3n) is 4.39. The van der Waals surface area contributed by atoms with Gasteiger partial charge in [0.05, 0.1) is 0 Å². The van der Waals surface area contributed by atoms with Gasteiger partial charge in [-0.15, -0.1) is 0 Å². The normalized spacial score (nSPS) is 17.7.